The maximum atomic E-state index is 14.2. The summed E-state index contributed by atoms with van der Waals surface area (Å²) in [7, 11) is 0. The van der Waals surface area contributed by atoms with Crippen LogP contribution in [0, 0.1) is 0 Å². The van der Waals surface area contributed by atoms with Gasteiger partial charge in [-0.15, -0.1) is 0 Å². The van der Waals surface area contributed by atoms with Crippen LogP contribution in [0.3, 0.4) is 0 Å². The molecule has 3 amide bonds. The molecule has 63 heavy (non-hydrogen) atoms. The molecule has 19 nitrogen and oxygen atoms in total. The third-order valence-electron chi connectivity index (χ3n) is 11.3. The molecule has 0 bridgehead atoms. The summed E-state index contributed by atoms with van der Waals surface area (Å²) in [5.74, 6) is -4.11. The number of esters is 3. The van der Waals surface area contributed by atoms with E-state index in [4.69, 9.17) is 48.6 Å². The van der Waals surface area contributed by atoms with Gasteiger partial charge in [0.1, 0.15) is 33.4 Å². The van der Waals surface area contributed by atoms with E-state index in [-0.39, 0.29) is 71.4 Å². The summed E-state index contributed by atoms with van der Waals surface area (Å²) in [5, 5.41) is 3.42. The first-order valence-electron chi connectivity index (χ1n) is 22.7. The van der Waals surface area contributed by atoms with E-state index in [0.717, 1.165) is 0 Å². The summed E-state index contributed by atoms with van der Waals surface area (Å²) in [6.45, 7) is 17.9. The Morgan fingerprint density at radius 2 is 0.667 bits per heavy atom. The van der Waals surface area contributed by atoms with Crippen molar-refractivity contribution in [1.29, 1.82) is 0 Å². The fourth-order valence-corrected chi connectivity index (χ4v) is 8.36. The minimum Gasteiger partial charge on any atom is -0.460 e. The Balaban J connectivity index is 4.21. The number of nitrogens with one attached hydrogen (secondary N) is 1. The predicted molar refractivity (Wildman–Crippen MR) is 243 cm³/mol. The molecule has 3 unspecified atom stereocenters. The predicted octanol–water partition coefficient (Wildman–Crippen LogP) is 0.750. The Labute approximate surface area is 377 Å². The standard InChI is InChI=1S/C44H86N10O9/c1-39(2,3)61-33(55)30-42(36(48)58,16-10-13-19-45)52-24-22-51-23-25-53(43(37(49)59,17-11-14-20-46)31-34(56)62-40(4,5)6)27-29-54(28-26-52)44(38(50)60,18-12-15-21-47)32-35(57)63-41(7,8)9/h51H,10-32,45-47H2,1-9H3,(H2,48,58)(H2,49,59)(H2,50,60). The second kappa shape index (κ2) is 25.9. The molecule has 1 fully saturated rings. The number of hydrogen-bond acceptors (Lipinski definition) is 16. The Kier molecular flexibility index (Phi) is 23.6. The lowest BCUT2D eigenvalue weighted by Crippen LogP contribution is -2.66. The minimum absolute atomic E-state index is 0.0330. The fourth-order valence-electron chi connectivity index (χ4n) is 8.36. The van der Waals surface area contributed by atoms with Crippen LogP contribution in [0.25, 0.3) is 0 Å². The number of nitrogens with two attached hydrogens (primary N) is 6. The van der Waals surface area contributed by atoms with Crippen molar-refractivity contribution in [2.24, 2.45) is 34.4 Å². The lowest BCUT2D eigenvalue weighted by atomic mass is 9.84. The van der Waals surface area contributed by atoms with Gasteiger partial charge in [-0.05, 0) is 140 Å². The average molecular weight is 899 g/mol. The molecule has 0 aromatic rings. The third kappa shape index (κ3) is 19.3. The molecule has 3 atom stereocenters. The molecular weight excluding hydrogens is 813 g/mol. The molecule has 0 aliphatic carbocycles. The van der Waals surface area contributed by atoms with Crippen LogP contribution in [0.1, 0.15) is 139 Å². The van der Waals surface area contributed by atoms with E-state index in [2.05, 4.69) is 5.32 Å². The van der Waals surface area contributed by atoms with Crippen molar-refractivity contribution in [3.8, 4) is 0 Å². The summed E-state index contributed by atoms with van der Waals surface area (Å²) in [5.41, 5.74) is 29.5. The lowest BCUT2D eigenvalue weighted by molar-refractivity contribution is -0.164. The highest BCUT2D eigenvalue weighted by molar-refractivity contribution is 5.91. The number of carbonyl (C=O) groups is 6. The van der Waals surface area contributed by atoms with Gasteiger partial charge in [-0.2, -0.15) is 0 Å². The van der Waals surface area contributed by atoms with Crippen molar-refractivity contribution in [3.05, 3.63) is 0 Å². The number of amides is 3. The van der Waals surface area contributed by atoms with Gasteiger partial charge in [0.15, 0.2) is 0 Å². The number of ether oxygens (including phenoxy) is 3. The second-order valence-electron chi connectivity index (χ2n) is 19.9. The molecule has 1 aliphatic heterocycles. The minimum atomic E-state index is -1.66. The van der Waals surface area contributed by atoms with Crippen LogP contribution < -0.4 is 39.7 Å². The molecule has 1 heterocycles. The number of nitrogens with zero attached hydrogens (tertiary/aromatic N) is 3. The number of rotatable bonds is 24. The molecule has 1 saturated heterocycles. The monoisotopic (exact) mass is 899 g/mol. The average Bonchev–Trinajstić information content (AvgIpc) is 3.11. The lowest BCUT2D eigenvalue weighted by Gasteiger charge is -2.48. The third-order valence-corrected chi connectivity index (χ3v) is 11.3. The van der Waals surface area contributed by atoms with Crippen LogP contribution in [-0.2, 0) is 43.0 Å². The van der Waals surface area contributed by atoms with E-state index in [0.29, 0.717) is 71.2 Å². The van der Waals surface area contributed by atoms with Crippen LogP contribution in [0.2, 0.25) is 0 Å². The largest absolute Gasteiger partial charge is 0.460 e. The highest BCUT2D eigenvalue weighted by atomic mass is 16.6. The van der Waals surface area contributed by atoms with Crippen LogP contribution in [0.15, 0.2) is 0 Å². The zero-order valence-electron chi connectivity index (χ0n) is 40.2. The summed E-state index contributed by atoms with van der Waals surface area (Å²) in [6, 6.07) is 0. The van der Waals surface area contributed by atoms with Crippen LogP contribution in [0.5, 0.6) is 0 Å². The van der Waals surface area contributed by atoms with E-state index in [1.807, 2.05) is 14.7 Å². The van der Waals surface area contributed by atoms with E-state index in [1.54, 1.807) is 62.3 Å². The quantitative estimate of drug-likeness (QED) is 0.0399. The first-order valence-corrected chi connectivity index (χ1v) is 22.7. The number of unbranched alkanes of at least 4 members (excludes halogenated alkanes) is 3. The number of hydrogen-bond donors (Lipinski definition) is 7. The van der Waals surface area contributed by atoms with Crippen molar-refractivity contribution in [2.45, 2.75) is 173 Å². The maximum absolute atomic E-state index is 14.2. The van der Waals surface area contributed by atoms with Gasteiger partial charge >= 0.3 is 17.9 Å². The van der Waals surface area contributed by atoms with Gasteiger partial charge in [-0.1, -0.05) is 0 Å². The maximum Gasteiger partial charge on any atom is 0.308 e. The van der Waals surface area contributed by atoms with Gasteiger partial charge in [0.2, 0.25) is 17.7 Å². The summed E-state index contributed by atoms with van der Waals surface area (Å²) in [6.07, 6.45) is 2.41. The van der Waals surface area contributed by atoms with E-state index in [1.165, 1.54) is 0 Å². The van der Waals surface area contributed by atoms with Gasteiger partial charge in [0.25, 0.3) is 0 Å². The van der Waals surface area contributed by atoms with Crippen molar-refractivity contribution in [1.82, 2.24) is 20.0 Å². The molecule has 19 heteroatoms. The normalized spacial score (nSPS) is 18.7. The van der Waals surface area contributed by atoms with Crippen molar-refractivity contribution >= 4 is 35.6 Å². The van der Waals surface area contributed by atoms with Gasteiger partial charge < -0.3 is 53.9 Å². The van der Waals surface area contributed by atoms with E-state index >= 15 is 0 Å². The molecule has 0 radical (unpaired) electrons. The van der Waals surface area contributed by atoms with Crippen LogP contribution >= 0.6 is 0 Å². The SMILES string of the molecule is CC(C)(C)OC(=O)CC(CCCCN)(C(N)=O)N1CCNCCN(C(CCCCN)(CC(=O)OC(C)(C)C)C(N)=O)CCN(C(CCCCN)(CC(=O)OC(C)(C)C)C(N)=O)CC1. The van der Waals surface area contributed by atoms with Gasteiger partial charge in [0.05, 0.1) is 19.3 Å². The van der Waals surface area contributed by atoms with Crippen molar-refractivity contribution in [2.75, 3.05) is 72.0 Å². The van der Waals surface area contributed by atoms with Crippen LogP contribution in [-0.4, -0.2) is 156 Å². The fraction of sp³-hybridized carbons (Fsp3) is 0.864. The number of primary amides is 3. The molecule has 1 aliphatic rings. The van der Waals surface area contributed by atoms with E-state index in [9.17, 15) is 28.8 Å². The van der Waals surface area contributed by atoms with Crippen molar-refractivity contribution < 1.29 is 43.0 Å². The van der Waals surface area contributed by atoms with Crippen molar-refractivity contribution in [3.63, 3.8) is 0 Å². The molecular formula is C44H86N10O9. The van der Waals surface area contributed by atoms with E-state index < -0.39 is 75.5 Å². The summed E-state index contributed by atoms with van der Waals surface area (Å²) < 4.78 is 17.3. The zero-order chi connectivity index (χ0) is 48.3. The Morgan fingerprint density at radius 1 is 0.429 bits per heavy atom. The first-order chi connectivity index (χ1) is 29.1. The summed E-state index contributed by atoms with van der Waals surface area (Å²) in [4.78, 5) is 88.7. The molecule has 366 valence electrons. The molecule has 0 saturated carbocycles. The van der Waals surface area contributed by atoms with Gasteiger partial charge in [-0.25, -0.2) is 0 Å². The first kappa shape index (κ1) is 57.6. The van der Waals surface area contributed by atoms with Gasteiger partial charge in [-0.3, -0.25) is 43.5 Å². The molecule has 1 rings (SSSR count). The second-order valence-corrected chi connectivity index (χ2v) is 19.9. The summed E-state index contributed by atoms with van der Waals surface area (Å²) >= 11 is 0. The highest BCUT2D eigenvalue weighted by Crippen LogP contribution is 2.34. The topological polar surface area (TPSA) is 308 Å². The highest BCUT2D eigenvalue weighted by Gasteiger charge is 2.50. The van der Waals surface area contributed by atoms with Crippen LogP contribution in [0.4, 0.5) is 0 Å². The Hall–Kier alpha value is -3.46. The zero-order valence-corrected chi connectivity index (χ0v) is 40.2. The Morgan fingerprint density at radius 3 is 0.873 bits per heavy atom. The molecule has 0 spiro atoms. The molecule has 0 aromatic heterocycles. The van der Waals surface area contributed by atoms with Gasteiger partial charge in [0, 0.05) is 52.4 Å². The molecule has 0 aromatic carbocycles. The smallest absolute Gasteiger partial charge is 0.308 e. The molecule has 13 N–H and O–H groups in total. The Bertz CT molecular complexity index is 1410. The number of carbonyl (C=O) groups excluding carboxylic acids is 6.